The van der Waals surface area contributed by atoms with Gasteiger partial charge in [0.2, 0.25) is 5.91 Å². The van der Waals surface area contributed by atoms with Gasteiger partial charge in [-0.15, -0.1) is 0 Å². The molecule has 1 unspecified atom stereocenters. The van der Waals surface area contributed by atoms with Crippen LogP contribution in [-0.2, 0) is 22.7 Å². The summed E-state index contributed by atoms with van der Waals surface area (Å²) in [5.74, 6) is 0.657. The van der Waals surface area contributed by atoms with Crippen LogP contribution in [0.25, 0.3) is 10.9 Å². The van der Waals surface area contributed by atoms with Gasteiger partial charge in [0, 0.05) is 35.8 Å². The molecular weight excluding hydrogens is 424 g/mol. The Morgan fingerprint density at radius 3 is 2.70 bits per heavy atom. The zero-order chi connectivity index (χ0) is 23.4. The fourth-order valence-electron chi connectivity index (χ4n) is 3.94. The molecule has 2 aromatic carbocycles. The van der Waals surface area contributed by atoms with Crippen LogP contribution in [0.4, 0.5) is 4.79 Å². The number of methoxy groups -OCH3 is 2. The zero-order valence-electron chi connectivity index (χ0n) is 18.5. The molecule has 1 aromatic heterocycles. The van der Waals surface area contributed by atoms with Crippen LogP contribution in [0.2, 0.25) is 0 Å². The van der Waals surface area contributed by atoms with E-state index in [1.54, 1.807) is 19.2 Å². The number of para-hydroxylation sites is 1. The molecule has 2 heterocycles. The highest BCUT2D eigenvalue weighted by molar-refractivity contribution is 6.05. The van der Waals surface area contributed by atoms with E-state index in [-0.39, 0.29) is 18.9 Å². The summed E-state index contributed by atoms with van der Waals surface area (Å²) >= 11 is 0. The predicted molar refractivity (Wildman–Crippen MR) is 122 cm³/mol. The van der Waals surface area contributed by atoms with E-state index in [2.05, 4.69) is 10.6 Å². The number of benzene rings is 2. The number of carbonyl (C=O) groups excluding carboxylic acids is 3. The fraction of sp³-hybridized carbons (Fsp3) is 0.292. The average molecular weight is 450 g/mol. The second-order valence-electron chi connectivity index (χ2n) is 7.73. The Labute approximate surface area is 191 Å². The lowest BCUT2D eigenvalue weighted by Gasteiger charge is -2.15. The summed E-state index contributed by atoms with van der Waals surface area (Å²) in [6.07, 6.45) is 1.84. The number of ether oxygens (including phenoxy) is 2. The molecule has 0 spiro atoms. The highest BCUT2D eigenvalue weighted by atomic mass is 16.5. The number of aromatic nitrogens is 1. The Hall–Kier alpha value is -4.01. The summed E-state index contributed by atoms with van der Waals surface area (Å²) in [5.41, 5.74) is 1.75. The summed E-state index contributed by atoms with van der Waals surface area (Å²) in [6, 6.07) is 13.6. The van der Waals surface area contributed by atoms with Crippen molar-refractivity contribution >= 4 is 28.7 Å². The minimum Gasteiger partial charge on any atom is -0.497 e. The van der Waals surface area contributed by atoms with Crippen LogP contribution in [-0.4, -0.2) is 54.1 Å². The molecule has 3 aromatic rings. The van der Waals surface area contributed by atoms with Crippen molar-refractivity contribution in [3.63, 3.8) is 0 Å². The lowest BCUT2D eigenvalue weighted by atomic mass is 10.1. The third-order valence-electron chi connectivity index (χ3n) is 5.67. The maximum atomic E-state index is 12.7. The average Bonchev–Trinajstić information content (AvgIpc) is 3.34. The van der Waals surface area contributed by atoms with Crippen molar-refractivity contribution < 1.29 is 23.9 Å². The van der Waals surface area contributed by atoms with Gasteiger partial charge in [-0.1, -0.05) is 18.2 Å². The second-order valence-corrected chi connectivity index (χ2v) is 7.73. The number of hydrogen-bond donors (Lipinski definition) is 2. The molecule has 4 rings (SSSR count). The SMILES string of the molecule is COc1ccc2c(ccn2CCNC(=O)CC2NC(=O)N(Cc3ccccc3OC)C2=O)c1. The van der Waals surface area contributed by atoms with Crippen LogP contribution in [0, 0.1) is 0 Å². The van der Waals surface area contributed by atoms with Gasteiger partial charge < -0.3 is 24.7 Å². The summed E-state index contributed by atoms with van der Waals surface area (Å²) in [6.45, 7) is 1.05. The molecule has 0 bridgehead atoms. The Kier molecular flexibility index (Phi) is 6.48. The van der Waals surface area contributed by atoms with Gasteiger partial charge in [0.25, 0.3) is 5.91 Å². The van der Waals surface area contributed by atoms with Crippen molar-refractivity contribution in [2.45, 2.75) is 25.6 Å². The molecule has 1 saturated heterocycles. The van der Waals surface area contributed by atoms with Gasteiger partial charge in [-0.05, 0) is 30.3 Å². The van der Waals surface area contributed by atoms with Gasteiger partial charge in [-0.3, -0.25) is 14.5 Å². The van der Waals surface area contributed by atoms with Crippen LogP contribution in [0.5, 0.6) is 11.5 Å². The molecule has 1 aliphatic heterocycles. The normalized spacial score (nSPS) is 15.6. The molecule has 9 nitrogen and oxygen atoms in total. The highest BCUT2D eigenvalue weighted by Crippen LogP contribution is 2.23. The van der Waals surface area contributed by atoms with E-state index in [0.29, 0.717) is 24.4 Å². The number of urea groups is 1. The standard InChI is InChI=1S/C24H26N4O5/c1-32-18-7-8-20-16(13-18)9-11-27(20)12-10-25-22(29)14-19-23(30)28(24(31)26-19)15-17-5-3-4-6-21(17)33-2/h3-9,11,13,19H,10,12,14-15H2,1-2H3,(H,25,29)(H,26,31). The first-order valence-corrected chi connectivity index (χ1v) is 10.6. The van der Waals surface area contributed by atoms with Gasteiger partial charge in [0.1, 0.15) is 17.5 Å². The van der Waals surface area contributed by atoms with Gasteiger partial charge in [0.05, 0.1) is 27.2 Å². The lowest BCUT2D eigenvalue weighted by Crippen LogP contribution is -2.37. The minimum absolute atomic E-state index is 0.0816. The van der Waals surface area contributed by atoms with Gasteiger partial charge >= 0.3 is 6.03 Å². The van der Waals surface area contributed by atoms with E-state index < -0.39 is 18.0 Å². The molecular formula is C24H26N4O5. The highest BCUT2D eigenvalue weighted by Gasteiger charge is 2.39. The van der Waals surface area contributed by atoms with Crippen LogP contribution in [0.15, 0.2) is 54.7 Å². The minimum atomic E-state index is -0.882. The quantitative estimate of drug-likeness (QED) is 0.487. The molecule has 9 heteroatoms. The van der Waals surface area contributed by atoms with E-state index >= 15 is 0 Å². The monoisotopic (exact) mass is 450 g/mol. The summed E-state index contributed by atoms with van der Waals surface area (Å²) in [7, 11) is 3.16. The van der Waals surface area contributed by atoms with E-state index in [0.717, 1.165) is 21.6 Å². The number of amides is 4. The van der Waals surface area contributed by atoms with Gasteiger partial charge in [0.15, 0.2) is 0 Å². The Balaban J connectivity index is 1.30. The van der Waals surface area contributed by atoms with Crippen LogP contribution < -0.4 is 20.1 Å². The third kappa shape index (κ3) is 4.77. The summed E-state index contributed by atoms with van der Waals surface area (Å²) < 4.78 is 12.6. The maximum Gasteiger partial charge on any atom is 0.325 e. The van der Waals surface area contributed by atoms with E-state index in [4.69, 9.17) is 9.47 Å². The van der Waals surface area contributed by atoms with Crippen molar-refractivity contribution in [2.75, 3.05) is 20.8 Å². The van der Waals surface area contributed by atoms with Crippen LogP contribution in [0.3, 0.4) is 0 Å². The van der Waals surface area contributed by atoms with Crippen molar-refractivity contribution in [1.29, 1.82) is 0 Å². The zero-order valence-corrected chi connectivity index (χ0v) is 18.5. The summed E-state index contributed by atoms with van der Waals surface area (Å²) in [5, 5.41) is 6.48. The number of nitrogens with zero attached hydrogens (tertiary/aromatic N) is 2. The second kappa shape index (κ2) is 9.64. The van der Waals surface area contributed by atoms with Crippen LogP contribution >= 0.6 is 0 Å². The number of rotatable bonds is 9. The number of nitrogens with one attached hydrogen (secondary N) is 2. The number of imide groups is 1. The predicted octanol–water partition coefficient (Wildman–Crippen LogP) is 2.29. The molecule has 4 amide bonds. The van der Waals surface area contributed by atoms with Gasteiger partial charge in [-0.25, -0.2) is 4.79 Å². The topological polar surface area (TPSA) is 102 Å². The maximum absolute atomic E-state index is 12.7. The Bertz CT molecular complexity index is 1190. The van der Waals surface area contributed by atoms with Crippen molar-refractivity contribution in [1.82, 2.24) is 20.1 Å². The van der Waals surface area contributed by atoms with Crippen LogP contribution in [0.1, 0.15) is 12.0 Å². The third-order valence-corrected chi connectivity index (χ3v) is 5.67. The molecule has 1 atom stereocenters. The lowest BCUT2D eigenvalue weighted by molar-refractivity contribution is -0.131. The molecule has 33 heavy (non-hydrogen) atoms. The molecule has 0 aliphatic carbocycles. The number of carbonyl (C=O) groups is 3. The molecule has 172 valence electrons. The molecule has 1 fully saturated rings. The molecule has 0 radical (unpaired) electrons. The first kappa shape index (κ1) is 22.2. The molecule has 2 N–H and O–H groups in total. The van der Waals surface area contributed by atoms with E-state index in [1.165, 1.54) is 7.11 Å². The Morgan fingerprint density at radius 2 is 1.91 bits per heavy atom. The van der Waals surface area contributed by atoms with E-state index in [1.807, 2.05) is 47.2 Å². The number of fused-ring (bicyclic) bond motifs is 1. The fourth-order valence-corrected chi connectivity index (χ4v) is 3.94. The van der Waals surface area contributed by atoms with Crippen molar-refractivity contribution in [3.05, 3.63) is 60.3 Å². The molecule has 0 saturated carbocycles. The number of hydrogen-bond acceptors (Lipinski definition) is 5. The first-order valence-electron chi connectivity index (χ1n) is 10.6. The largest absolute Gasteiger partial charge is 0.497 e. The van der Waals surface area contributed by atoms with Gasteiger partial charge in [-0.2, -0.15) is 0 Å². The first-order chi connectivity index (χ1) is 16.0. The Morgan fingerprint density at radius 1 is 1.09 bits per heavy atom. The summed E-state index contributed by atoms with van der Waals surface area (Å²) in [4.78, 5) is 38.6. The molecule has 1 aliphatic rings. The smallest absolute Gasteiger partial charge is 0.325 e. The van der Waals surface area contributed by atoms with Crippen molar-refractivity contribution in [2.24, 2.45) is 0 Å². The van der Waals surface area contributed by atoms with Crippen molar-refractivity contribution in [3.8, 4) is 11.5 Å². The van der Waals surface area contributed by atoms with E-state index in [9.17, 15) is 14.4 Å².